The number of carbonyl (C=O) groups is 1. The second-order valence-corrected chi connectivity index (χ2v) is 6.46. The summed E-state index contributed by atoms with van der Waals surface area (Å²) in [5.74, 6) is 0.903. The van der Waals surface area contributed by atoms with Gasteiger partial charge in [-0.3, -0.25) is 0 Å². The molecule has 4 nitrogen and oxygen atoms in total. The summed E-state index contributed by atoms with van der Waals surface area (Å²) >= 11 is 1.70. The van der Waals surface area contributed by atoms with Crippen LogP contribution >= 0.6 is 11.3 Å². The van der Waals surface area contributed by atoms with E-state index in [0.717, 1.165) is 31.7 Å². The van der Waals surface area contributed by atoms with E-state index in [9.17, 15) is 4.79 Å². The summed E-state index contributed by atoms with van der Waals surface area (Å²) < 4.78 is 6.06. The van der Waals surface area contributed by atoms with Crippen molar-refractivity contribution in [2.45, 2.75) is 25.9 Å². The molecule has 0 unspecified atom stereocenters. The van der Waals surface area contributed by atoms with Crippen LogP contribution in [0.2, 0.25) is 0 Å². The van der Waals surface area contributed by atoms with Gasteiger partial charge in [-0.05, 0) is 47.0 Å². The molecule has 1 aromatic carbocycles. The van der Waals surface area contributed by atoms with E-state index in [-0.39, 0.29) is 12.1 Å². The van der Waals surface area contributed by atoms with Gasteiger partial charge in [0.2, 0.25) is 0 Å². The zero-order valence-electron chi connectivity index (χ0n) is 13.3. The zero-order valence-corrected chi connectivity index (χ0v) is 14.1. The van der Waals surface area contributed by atoms with E-state index in [2.05, 4.69) is 34.3 Å². The zero-order chi connectivity index (χ0) is 16.1. The van der Waals surface area contributed by atoms with Crippen LogP contribution in [0.1, 0.15) is 19.8 Å². The third-order valence-corrected chi connectivity index (χ3v) is 4.75. The van der Waals surface area contributed by atoms with Gasteiger partial charge in [0.1, 0.15) is 11.9 Å². The fraction of sp³-hybridized carbons (Fsp3) is 0.389. The number of carbonyl (C=O) groups excluding carboxylic acids is 1. The number of thiophene rings is 1. The molecule has 0 radical (unpaired) electrons. The molecule has 0 atom stereocenters. The Bertz CT molecular complexity index is 617. The average molecular weight is 330 g/mol. The molecular formula is C18H22N2O2S. The highest BCUT2D eigenvalue weighted by atomic mass is 32.1. The highest BCUT2D eigenvalue weighted by Crippen LogP contribution is 2.26. The third kappa shape index (κ3) is 4.05. The Morgan fingerprint density at radius 2 is 1.96 bits per heavy atom. The number of nitrogens with zero attached hydrogens (tertiary/aromatic N) is 1. The number of hydrogen-bond acceptors (Lipinski definition) is 3. The van der Waals surface area contributed by atoms with Crippen LogP contribution < -0.4 is 10.1 Å². The van der Waals surface area contributed by atoms with Crippen molar-refractivity contribution in [3.63, 3.8) is 0 Å². The van der Waals surface area contributed by atoms with E-state index in [1.807, 2.05) is 24.0 Å². The molecule has 0 bridgehead atoms. The van der Waals surface area contributed by atoms with Crippen molar-refractivity contribution in [3.8, 4) is 16.9 Å². The van der Waals surface area contributed by atoms with Gasteiger partial charge in [-0.1, -0.05) is 12.1 Å². The number of likely N-dealkylation sites (tertiary alicyclic amines) is 1. The molecule has 5 heteroatoms. The molecule has 2 heterocycles. The summed E-state index contributed by atoms with van der Waals surface area (Å²) in [5, 5.41) is 7.08. The Labute approximate surface area is 141 Å². The summed E-state index contributed by atoms with van der Waals surface area (Å²) in [6, 6.07) is 10.4. The predicted octanol–water partition coefficient (Wildman–Crippen LogP) is 3.99. The Kier molecular flexibility index (Phi) is 5.18. The number of benzene rings is 1. The molecule has 2 aromatic rings. The molecule has 1 N–H and O–H groups in total. The number of piperidine rings is 1. The molecular weight excluding hydrogens is 308 g/mol. The molecule has 23 heavy (non-hydrogen) atoms. The van der Waals surface area contributed by atoms with E-state index < -0.39 is 0 Å². The molecule has 0 aliphatic carbocycles. The number of hydrogen-bond donors (Lipinski definition) is 1. The lowest BCUT2D eigenvalue weighted by Gasteiger charge is -2.32. The number of amides is 2. The first-order chi connectivity index (χ1) is 11.3. The minimum atomic E-state index is 0.0334. The topological polar surface area (TPSA) is 41.6 Å². The van der Waals surface area contributed by atoms with Crippen LogP contribution in [0.15, 0.2) is 41.1 Å². The Hall–Kier alpha value is -2.01. The molecule has 2 amide bonds. The first-order valence-corrected chi connectivity index (χ1v) is 9.02. The first kappa shape index (κ1) is 15.9. The highest BCUT2D eigenvalue weighted by Gasteiger charge is 2.23. The fourth-order valence-corrected chi connectivity index (χ4v) is 3.45. The van der Waals surface area contributed by atoms with Crippen molar-refractivity contribution in [2.24, 2.45) is 0 Å². The summed E-state index contributed by atoms with van der Waals surface area (Å²) in [5.41, 5.74) is 2.46. The molecule has 0 saturated carbocycles. The fourth-order valence-electron chi connectivity index (χ4n) is 2.79. The van der Waals surface area contributed by atoms with Gasteiger partial charge in [-0.15, -0.1) is 0 Å². The molecule has 0 spiro atoms. The summed E-state index contributed by atoms with van der Waals surface area (Å²) in [4.78, 5) is 13.7. The van der Waals surface area contributed by atoms with Gasteiger partial charge in [-0.25, -0.2) is 4.79 Å². The summed E-state index contributed by atoms with van der Waals surface area (Å²) in [7, 11) is 0. The van der Waals surface area contributed by atoms with Gasteiger partial charge in [0.25, 0.3) is 0 Å². The van der Waals surface area contributed by atoms with Gasteiger partial charge in [0, 0.05) is 32.5 Å². The largest absolute Gasteiger partial charge is 0.490 e. The van der Waals surface area contributed by atoms with E-state index >= 15 is 0 Å². The third-order valence-electron chi connectivity index (χ3n) is 4.07. The van der Waals surface area contributed by atoms with Crippen LogP contribution in [-0.4, -0.2) is 36.7 Å². The van der Waals surface area contributed by atoms with Crippen LogP contribution in [0.25, 0.3) is 11.1 Å². The maximum absolute atomic E-state index is 11.8. The maximum atomic E-state index is 11.8. The second kappa shape index (κ2) is 7.51. The lowest BCUT2D eigenvalue weighted by Crippen LogP contribution is -2.46. The molecule has 122 valence electrons. The lowest BCUT2D eigenvalue weighted by molar-refractivity contribution is 0.111. The normalized spacial score (nSPS) is 15.4. The Balaban J connectivity index is 1.52. The summed E-state index contributed by atoms with van der Waals surface area (Å²) in [6.45, 7) is 4.12. The maximum Gasteiger partial charge on any atom is 0.317 e. The smallest absolute Gasteiger partial charge is 0.317 e. The molecule has 1 fully saturated rings. The van der Waals surface area contributed by atoms with Gasteiger partial charge < -0.3 is 15.0 Å². The van der Waals surface area contributed by atoms with Gasteiger partial charge in [0.15, 0.2) is 0 Å². The second-order valence-electron chi connectivity index (χ2n) is 5.68. The quantitative estimate of drug-likeness (QED) is 0.921. The van der Waals surface area contributed by atoms with Crippen molar-refractivity contribution in [2.75, 3.05) is 19.6 Å². The minimum Gasteiger partial charge on any atom is -0.490 e. The predicted molar refractivity (Wildman–Crippen MR) is 94.1 cm³/mol. The molecule has 1 saturated heterocycles. The van der Waals surface area contributed by atoms with E-state index in [1.54, 1.807) is 11.3 Å². The van der Waals surface area contributed by atoms with Crippen LogP contribution in [0.4, 0.5) is 4.79 Å². The molecule has 3 rings (SSSR count). The Morgan fingerprint density at radius 1 is 1.22 bits per heavy atom. The summed E-state index contributed by atoms with van der Waals surface area (Å²) in [6.07, 6.45) is 1.94. The van der Waals surface area contributed by atoms with E-state index in [1.165, 1.54) is 11.1 Å². The average Bonchev–Trinajstić information content (AvgIpc) is 3.11. The molecule has 1 aromatic heterocycles. The van der Waals surface area contributed by atoms with Crippen molar-refractivity contribution in [3.05, 3.63) is 41.1 Å². The number of urea groups is 1. The van der Waals surface area contributed by atoms with Crippen molar-refractivity contribution >= 4 is 17.4 Å². The first-order valence-electron chi connectivity index (χ1n) is 8.08. The van der Waals surface area contributed by atoms with Crippen LogP contribution in [-0.2, 0) is 0 Å². The van der Waals surface area contributed by atoms with Crippen molar-refractivity contribution in [1.29, 1.82) is 0 Å². The number of nitrogens with one attached hydrogen (secondary N) is 1. The number of rotatable bonds is 4. The number of ether oxygens (including phenoxy) is 1. The van der Waals surface area contributed by atoms with E-state index in [4.69, 9.17) is 4.74 Å². The minimum absolute atomic E-state index is 0.0334. The SMILES string of the molecule is CCNC(=O)N1CCC(Oc2ccc(-c3ccsc3)cc2)CC1. The van der Waals surface area contributed by atoms with Gasteiger partial charge in [0.05, 0.1) is 0 Å². The standard InChI is InChI=1S/C18H22N2O2S/c1-2-19-18(21)20-10-7-17(8-11-20)22-16-5-3-14(4-6-16)15-9-12-23-13-15/h3-6,9,12-13,17H,2,7-8,10-11H2,1H3,(H,19,21). The van der Waals surface area contributed by atoms with Gasteiger partial charge >= 0.3 is 6.03 Å². The van der Waals surface area contributed by atoms with Crippen LogP contribution in [0.3, 0.4) is 0 Å². The van der Waals surface area contributed by atoms with Gasteiger partial charge in [-0.2, -0.15) is 11.3 Å². The van der Waals surface area contributed by atoms with Crippen LogP contribution in [0.5, 0.6) is 5.75 Å². The molecule has 1 aliphatic rings. The highest BCUT2D eigenvalue weighted by molar-refractivity contribution is 7.08. The van der Waals surface area contributed by atoms with E-state index in [0.29, 0.717) is 6.54 Å². The molecule has 1 aliphatic heterocycles. The van der Waals surface area contributed by atoms with Crippen molar-refractivity contribution < 1.29 is 9.53 Å². The lowest BCUT2D eigenvalue weighted by atomic mass is 10.1. The Morgan fingerprint density at radius 3 is 2.57 bits per heavy atom. The van der Waals surface area contributed by atoms with Crippen molar-refractivity contribution in [1.82, 2.24) is 10.2 Å². The van der Waals surface area contributed by atoms with Crippen LogP contribution in [0, 0.1) is 0 Å². The monoisotopic (exact) mass is 330 g/mol.